The van der Waals surface area contributed by atoms with Crippen molar-refractivity contribution in [3.8, 4) is 0 Å². The van der Waals surface area contributed by atoms with Crippen LogP contribution in [0.2, 0.25) is 0 Å². The van der Waals surface area contributed by atoms with Gasteiger partial charge >= 0.3 is 0 Å². The van der Waals surface area contributed by atoms with E-state index in [1.165, 1.54) is 0 Å². The fourth-order valence-electron chi connectivity index (χ4n) is 1.50. The van der Waals surface area contributed by atoms with E-state index in [0.717, 1.165) is 30.9 Å². The zero-order valence-electron chi connectivity index (χ0n) is 9.87. The highest BCUT2D eigenvalue weighted by atomic mass is 15.3. The van der Waals surface area contributed by atoms with Crippen LogP contribution >= 0.6 is 0 Å². The summed E-state index contributed by atoms with van der Waals surface area (Å²) in [7, 11) is 1.87. The fraction of sp³-hybridized carbons (Fsp3) is 0.364. The van der Waals surface area contributed by atoms with Gasteiger partial charge in [0.1, 0.15) is 6.33 Å². The van der Waals surface area contributed by atoms with Crippen LogP contribution in [0.1, 0.15) is 11.4 Å². The maximum absolute atomic E-state index is 4.21. The molecule has 17 heavy (non-hydrogen) atoms. The van der Waals surface area contributed by atoms with Gasteiger partial charge in [0.2, 0.25) is 0 Å². The van der Waals surface area contributed by atoms with Gasteiger partial charge in [-0.15, -0.1) is 0 Å². The molecule has 0 aliphatic carbocycles. The van der Waals surface area contributed by atoms with Crippen LogP contribution in [0.4, 0.5) is 0 Å². The summed E-state index contributed by atoms with van der Waals surface area (Å²) < 4.78 is 3.40. The standard InChI is InChI=1S/C11H16N6/c1-3-17-8-10(7-14-17)6-12-5-4-11-13-9-16(2)15-11/h3,7-9,12H,1,4-6H2,2H3. The molecule has 0 saturated carbocycles. The third-order valence-electron chi connectivity index (χ3n) is 2.34. The molecule has 0 radical (unpaired) electrons. The lowest BCUT2D eigenvalue weighted by Gasteiger charge is -1.99. The van der Waals surface area contributed by atoms with E-state index in [9.17, 15) is 0 Å². The Labute approximate surface area is 100.0 Å². The monoisotopic (exact) mass is 232 g/mol. The van der Waals surface area contributed by atoms with E-state index in [4.69, 9.17) is 0 Å². The lowest BCUT2D eigenvalue weighted by molar-refractivity contribution is 0.661. The van der Waals surface area contributed by atoms with E-state index in [0.29, 0.717) is 0 Å². The van der Waals surface area contributed by atoms with Crippen LogP contribution in [0.3, 0.4) is 0 Å². The summed E-state index contributed by atoms with van der Waals surface area (Å²) in [6.07, 6.45) is 7.98. The topological polar surface area (TPSA) is 60.6 Å². The molecule has 2 rings (SSSR count). The van der Waals surface area contributed by atoms with E-state index < -0.39 is 0 Å². The molecule has 2 aromatic rings. The summed E-state index contributed by atoms with van der Waals surface area (Å²) in [5.41, 5.74) is 1.14. The van der Waals surface area contributed by atoms with Gasteiger partial charge in [-0.2, -0.15) is 10.2 Å². The van der Waals surface area contributed by atoms with Crippen molar-refractivity contribution in [1.82, 2.24) is 29.9 Å². The van der Waals surface area contributed by atoms with E-state index in [-0.39, 0.29) is 0 Å². The number of hydrogen-bond donors (Lipinski definition) is 1. The van der Waals surface area contributed by atoms with Gasteiger partial charge < -0.3 is 5.32 Å². The molecule has 0 spiro atoms. The smallest absolute Gasteiger partial charge is 0.151 e. The zero-order chi connectivity index (χ0) is 12.1. The summed E-state index contributed by atoms with van der Waals surface area (Å²) in [6, 6.07) is 0. The SMILES string of the molecule is C=Cn1cc(CNCCc2ncn(C)n2)cn1. The quantitative estimate of drug-likeness (QED) is 0.734. The van der Waals surface area contributed by atoms with Crippen molar-refractivity contribution >= 4 is 6.20 Å². The molecule has 0 aromatic carbocycles. The summed E-state index contributed by atoms with van der Waals surface area (Å²) in [6.45, 7) is 5.29. The third kappa shape index (κ3) is 3.25. The van der Waals surface area contributed by atoms with Gasteiger partial charge in [0, 0.05) is 44.5 Å². The Bertz CT molecular complexity index is 484. The van der Waals surface area contributed by atoms with Crippen molar-refractivity contribution in [2.75, 3.05) is 6.54 Å². The van der Waals surface area contributed by atoms with Gasteiger partial charge in [0.05, 0.1) is 6.20 Å². The summed E-state index contributed by atoms with van der Waals surface area (Å²) >= 11 is 0. The van der Waals surface area contributed by atoms with E-state index in [1.807, 2.05) is 19.4 Å². The highest BCUT2D eigenvalue weighted by Crippen LogP contribution is 1.97. The molecule has 0 atom stereocenters. The Morgan fingerprint density at radius 2 is 2.41 bits per heavy atom. The van der Waals surface area contributed by atoms with Gasteiger partial charge in [-0.3, -0.25) is 4.68 Å². The maximum Gasteiger partial charge on any atom is 0.151 e. The van der Waals surface area contributed by atoms with Gasteiger partial charge in [0.15, 0.2) is 5.82 Å². The number of aryl methyl sites for hydroxylation is 1. The van der Waals surface area contributed by atoms with Crippen molar-refractivity contribution in [2.45, 2.75) is 13.0 Å². The van der Waals surface area contributed by atoms with Crippen molar-refractivity contribution in [3.05, 3.63) is 36.7 Å². The van der Waals surface area contributed by atoms with Crippen LogP contribution in [0.15, 0.2) is 25.3 Å². The molecule has 0 fully saturated rings. The first kappa shape index (κ1) is 11.5. The molecule has 2 heterocycles. The lowest BCUT2D eigenvalue weighted by Crippen LogP contribution is -2.17. The van der Waals surface area contributed by atoms with Crippen LogP contribution < -0.4 is 5.32 Å². The summed E-state index contributed by atoms with van der Waals surface area (Å²) in [5, 5.41) is 11.6. The predicted octanol–water partition coefficient (Wildman–Crippen LogP) is 0.444. The van der Waals surface area contributed by atoms with Crippen LogP contribution in [-0.2, 0) is 20.0 Å². The zero-order valence-corrected chi connectivity index (χ0v) is 9.87. The molecule has 0 amide bonds. The Hall–Kier alpha value is -1.95. The van der Waals surface area contributed by atoms with E-state index in [2.05, 4.69) is 27.1 Å². The Morgan fingerprint density at radius 1 is 1.53 bits per heavy atom. The van der Waals surface area contributed by atoms with Gasteiger partial charge in [-0.05, 0) is 0 Å². The first-order valence-corrected chi connectivity index (χ1v) is 5.49. The summed E-state index contributed by atoms with van der Waals surface area (Å²) in [5.74, 6) is 0.863. The average molecular weight is 232 g/mol. The number of rotatable bonds is 6. The normalized spacial score (nSPS) is 10.6. The number of nitrogens with zero attached hydrogens (tertiary/aromatic N) is 5. The Morgan fingerprint density at radius 3 is 3.06 bits per heavy atom. The molecule has 90 valence electrons. The second-order valence-corrected chi connectivity index (χ2v) is 3.77. The summed E-state index contributed by atoms with van der Waals surface area (Å²) in [4.78, 5) is 4.16. The first-order chi connectivity index (χ1) is 8.28. The third-order valence-corrected chi connectivity index (χ3v) is 2.34. The molecule has 0 bridgehead atoms. The minimum Gasteiger partial charge on any atom is -0.312 e. The molecule has 6 heteroatoms. The first-order valence-electron chi connectivity index (χ1n) is 5.49. The molecule has 1 N–H and O–H groups in total. The second kappa shape index (κ2) is 5.40. The molecule has 2 aromatic heterocycles. The molecule has 0 saturated heterocycles. The van der Waals surface area contributed by atoms with Gasteiger partial charge in [0.25, 0.3) is 0 Å². The fourth-order valence-corrected chi connectivity index (χ4v) is 1.50. The number of hydrogen-bond acceptors (Lipinski definition) is 4. The second-order valence-electron chi connectivity index (χ2n) is 3.77. The largest absolute Gasteiger partial charge is 0.312 e. The van der Waals surface area contributed by atoms with Crippen molar-refractivity contribution in [3.63, 3.8) is 0 Å². The average Bonchev–Trinajstić information content (AvgIpc) is 2.93. The van der Waals surface area contributed by atoms with Crippen LogP contribution in [0.25, 0.3) is 6.20 Å². The lowest BCUT2D eigenvalue weighted by atomic mass is 10.3. The minimum atomic E-state index is 0.792. The molecular formula is C11H16N6. The van der Waals surface area contributed by atoms with Crippen LogP contribution in [0.5, 0.6) is 0 Å². The van der Waals surface area contributed by atoms with Crippen molar-refractivity contribution in [2.24, 2.45) is 7.05 Å². The molecule has 0 aliphatic heterocycles. The highest BCUT2D eigenvalue weighted by molar-refractivity contribution is 5.17. The number of aromatic nitrogens is 5. The van der Waals surface area contributed by atoms with Gasteiger partial charge in [-0.25, -0.2) is 9.67 Å². The molecular weight excluding hydrogens is 216 g/mol. The predicted molar refractivity (Wildman–Crippen MR) is 65.0 cm³/mol. The Balaban J connectivity index is 1.71. The van der Waals surface area contributed by atoms with Gasteiger partial charge in [-0.1, -0.05) is 6.58 Å². The highest BCUT2D eigenvalue weighted by Gasteiger charge is 1.99. The van der Waals surface area contributed by atoms with Crippen LogP contribution in [-0.4, -0.2) is 31.1 Å². The van der Waals surface area contributed by atoms with Crippen LogP contribution in [0, 0.1) is 0 Å². The van der Waals surface area contributed by atoms with Crippen molar-refractivity contribution in [1.29, 1.82) is 0 Å². The van der Waals surface area contributed by atoms with Crippen molar-refractivity contribution < 1.29 is 0 Å². The molecule has 0 unspecified atom stereocenters. The maximum atomic E-state index is 4.21. The van der Waals surface area contributed by atoms with E-state index >= 15 is 0 Å². The van der Waals surface area contributed by atoms with E-state index in [1.54, 1.807) is 21.9 Å². The molecule has 0 aliphatic rings. The Kier molecular flexibility index (Phi) is 3.66. The minimum absolute atomic E-state index is 0.792. The number of nitrogens with one attached hydrogen (secondary N) is 1. The molecule has 6 nitrogen and oxygen atoms in total.